The summed E-state index contributed by atoms with van der Waals surface area (Å²) in [5.74, 6) is 1.39. The van der Waals surface area contributed by atoms with Gasteiger partial charge in [0.15, 0.2) is 0 Å². The molecule has 0 aliphatic carbocycles. The summed E-state index contributed by atoms with van der Waals surface area (Å²) < 4.78 is 5.22. The number of aryl methyl sites for hydroxylation is 1. The fraction of sp³-hybridized carbons (Fsp3) is 0.273. The lowest BCUT2D eigenvalue weighted by molar-refractivity contribution is -0.129. The minimum atomic E-state index is -0.163. The van der Waals surface area contributed by atoms with Crippen LogP contribution in [0.25, 0.3) is 0 Å². The molecule has 28 heavy (non-hydrogen) atoms. The number of ether oxygens (including phenoxy) is 1. The number of hydrogen-bond donors (Lipinski definition) is 0. The van der Waals surface area contributed by atoms with Crippen molar-refractivity contribution in [3.8, 4) is 11.8 Å². The molecule has 0 unspecified atom stereocenters. The highest BCUT2D eigenvalue weighted by atomic mass is 32.2. The second-order valence-electron chi connectivity index (χ2n) is 6.97. The fourth-order valence-electron chi connectivity index (χ4n) is 3.60. The molecule has 0 spiro atoms. The summed E-state index contributed by atoms with van der Waals surface area (Å²) in [5.41, 5.74) is 3.92. The third-order valence-electron chi connectivity index (χ3n) is 5.21. The van der Waals surface area contributed by atoms with Gasteiger partial charge < -0.3 is 9.64 Å². The van der Waals surface area contributed by atoms with E-state index in [1.807, 2.05) is 55.5 Å². The molecule has 1 fully saturated rings. The fourth-order valence-corrected chi connectivity index (χ4v) is 4.77. The van der Waals surface area contributed by atoms with Crippen LogP contribution >= 0.6 is 11.8 Å². The van der Waals surface area contributed by atoms with Crippen molar-refractivity contribution in [1.29, 1.82) is 5.26 Å². The van der Waals surface area contributed by atoms with Crippen LogP contribution in [0.1, 0.15) is 23.5 Å². The summed E-state index contributed by atoms with van der Waals surface area (Å²) in [7, 11) is 1.64. The van der Waals surface area contributed by atoms with Crippen LogP contribution in [0, 0.1) is 18.3 Å². The van der Waals surface area contributed by atoms with Gasteiger partial charge in [0.05, 0.1) is 36.3 Å². The summed E-state index contributed by atoms with van der Waals surface area (Å²) in [5, 5.41) is 10.7. The molecule has 1 saturated heterocycles. The number of amides is 1. The van der Waals surface area contributed by atoms with Gasteiger partial charge in [-0.05, 0) is 36.8 Å². The molecule has 2 aromatic rings. The van der Waals surface area contributed by atoms with Crippen molar-refractivity contribution in [2.45, 2.75) is 19.3 Å². The van der Waals surface area contributed by atoms with Crippen LogP contribution in [-0.2, 0) is 4.79 Å². The molecule has 0 aromatic heterocycles. The number of anilines is 1. The average molecular weight is 391 g/mol. The van der Waals surface area contributed by atoms with E-state index in [0.717, 1.165) is 22.0 Å². The van der Waals surface area contributed by atoms with Gasteiger partial charge in [-0.15, -0.1) is 0 Å². The molecule has 2 aliphatic heterocycles. The molecule has 0 saturated carbocycles. The van der Waals surface area contributed by atoms with E-state index in [4.69, 9.17) is 4.74 Å². The van der Waals surface area contributed by atoms with Crippen LogP contribution in [0.3, 0.4) is 0 Å². The van der Waals surface area contributed by atoms with Crippen LogP contribution in [0.2, 0.25) is 0 Å². The number of rotatable bonds is 3. The number of benzene rings is 2. The Morgan fingerprint density at radius 2 is 1.86 bits per heavy atom. The number of carbonyl (C=O) groups excluding carboxylic acids is 1. The molecule has 142 valence electrons. The summed E-state index contributed by atoms with van der Waals surface area (Å²) in [4.78, 5) is 16.8. The summed E-state index contributed by atoms with van der Waals surface area (Å²) >= 11 is 1.55. The molecule has 2 aromatic carbocycles. The second-order valence-corrected chi connectivity index (χ2v) is 7.91. The molecule has 4 rings (SSSR count). The third kappa shape index (κ3) is 3.34. The van der Waals surface area contributed by atoms with Crippen LogP contribution in [0.15, 0.2) is 59.1 Å². The molecule has 0 bridgehead atoms. The molecule has 2 heterocycles. The van der Waals surface area contributed by atoms with Crippen molar-refractivity contribution in [2.24, 2.45) is 0 Å². The first-order valence-corrected chi connectivity index (χ1v) is 10.1. The first kappa shape index (κ1) is 18.5. The zero-order chi connectivity index (χ0) is 19.7. The van der Waals surface area contributed by atoms with Gasteiger partial charge in [0.1, 0.15) is 5.75 Å². The Balaban J connectivity index is 1.62. The molecule has 1 atom stereocenters. The molecule has 0 radical (unpaired) electrons. The van der Waals surface area contributed by atoms with Crippen LogP contribution in [0.4, 0.5) is 5.69 Å². The maximum absolute atomic E-state index is 12.9. The number of nitrogens with zero attached hydrogens (tertiary/aromatic N) is 3. The molecular formula is C22H21N3O2S. The highest BCUT2D eigenvalue weighted by Gasteiger charge is 2.38. The van der Waals surface area contributed by atoms with E-state index in [1.54, 1.807) is 23.8 Å². The molecule has 6 heteroatoms. The second kappa shape index (κ2) is 7.61. The van der Waals surface area contributed by atoms with E-state index in [2.05, 4.69) is 11.0 Å². The van der Waals surface area contributed by atoms with E-state index >= 15 is 0 Å². The Bertz CT molecular complexity index is 961. The molecule has 2 aliphatic rings. The Kier molecular flexibility index (Phi) is 5.01. The molecular weight excluding hydrogens is 370 g/mol. The van der Waals surface area contributed by atoms with Gasteiger partial charge in [-0.25, -0.2) is 0 Å². The zero-order valence-electron chi connectivity index (χ0n) is 15.9. The lowest BCUT2D eigenvalue weighted by Crippen LogP contribution is -2.47. The lowest BCUT2D eigenvalue weighted by Gasteiger charge is -2.42. The number of fused-ring (bicyclic) bond motifs is 1. The maximum atomic E-state index is 12.9. The summed E-state index contributed by atoms with van der Waals surface area (Å²) in [6, 6.07) is 18.3. The smallest absolute Gasteiger partial charge is 0.229 e. The minimum Gasteiger partial charge on any atom is -0.497 e. The zero-order valence-corrected chi connectivity index (χ0v) is 16.7. The number of hydrogen-bond acceptors (Lipinski definition) is 5. The SMILES string of the molecule is COc1ccc(N2CSC3=C(C#N)[C@H](c4ccc(C)cc4)CC(=O)N3C2)cc1. The van der Waals surface area contributed by atoms with Gasteiger partial charge in [0, 0.05) is 18.0 Å². The number of methoxy groups -OCH3 is 1. The first-order valence-electron chi connectivity index (χ1n) is 9.13. The summed E-state index contributed by atoms with van der Waals surface area (Å²) in [6.45, 7) is 2.49. The Hall–Kier alpha value is -2.91. The van der Waals surface area contributed by atoms with Crippen molar-refractivity contribution >= 4 is 23.4 Å². The predicted molar refractivity (Wildman–Crippen MR) is 111 cm³/mol. The minimum absolute atomic E-state index is 0.0605. The highest BCUT2D eigenvalue weighted by Crippen LogP contribution is 2.43. The standard InChI is InChI=1S/C22H21N3O2S/c1-15-3-5-16(6-4-15)19-11-21(26)25-13-24(14-28-22(25)20(19)12-23)17-7-9-18(27-2)10-8-17/h3-10,19H,11,13-14H2,1-2H3/t19-/m0/s1. The van der Waals surface area contributed by atoms with Crippen LogP contribution in [-0.4, -0.2) is 30.5 Å². The van der Waals surface area contributed by atoms with Crippen molar-refractivity contribution in [1.82, 2.24) is 4.90 Å². The topological polar surface area (TPSA) is 56.6 Å². The van der Waals surface area contributed by atoms with Crippen LogP contribution < -0.4 is 9.64 Å². The van der Waals surface area contributed by atoms with Crippen molar-refractivity contribution in [2.75, 3.05) is 24.6 Å². The Morgan fingerprint density at radius 3 is 2.50 bits per heavy atom. The average Bonchev–Trinajstić information content (AvgIpc) is 2.74. The predicted octanol–water partition coefficient (Wildman–Crippen LogP) is 4.22. The van der Waals surface area contributed by atoms with Gasteiger partial charge >= 0.3 is 0 Å². The molecule has 1 amide bonds. The van der Waals surface area contributed by atoms with Gasteiger partial charge in [-0.3, -0.25) is 9.69 Å². The molecule has 0 N–H and O–H groups in total. The quantitative estimate of drug-likeness (QED) is 0.784. The van der Waals surface area contributed by atoms with Crippen molar-refractivity contribution < 1.29 is 9.53 Å². The first-order chi connectivity index (χ1) is 13.6. The normalized spacial score (nSPS) is 19.3. The number of thioether (sulfide) groups is 1. The number of allylic oxidation sites excluding steroid dienone is 1. The number of nitriles is 1. The third-order valence-corrected chi connectivity index (χ3v) is 6.37. The summed E-state index contributed by atoms with van der Waals surface area (Å²) in [6.07, 6.45) is 0.326. The van der Waals surface area contributed by atoms with Crippen molar-refractivity contribution in [3.63, 3.8) is 0 Å². The molecule has 5 nitrogen and oxygen atoms in total. The number of carbonyl (C=O) groups is 1. The Morgan fingerprint density at radius 1 is 1.14 bits per heavy atom. The van der Waals surface area contributed by atoms with E-state index in [0.29, 0.717) is 24.5 Å². The lowest BCUT2D eigenvalue weighted by atomic mass is 9.86. The van der Waals surface area contributed by atoms with Gasteiger partial charge in [-0.2, -0.15) is 5.26 Å². The maximum Gasteiger partial charge on any atom is 0.229 e. The van der Waals surface area contributed by atoms with Gasteiger partial charge in [-0.1, -0.05) is 41.6 Å². The van der Waals surface area contributed by atoms with E-state index in [-0.39, 0.29) is 11.8 Å². The highest BCUT2D eigenvalue weighted by molar-refractivity contribution is 8.03. The van der Waals surface area contributed by atoms with Gasteiger partial charge in [0.25, 0.3) is 0 Å². The Labute approximate surface area is 169 Å². The van der Waals surface area contributed by atoms with Crippen molar-refractivity contribution in [3.05, 3.63) is 70.3 Å². The largest absolute Gasteiger partial charge is 0.497 e. The van der Waals surface area contributed by atoms with E-state index in [9.17, 15) is 10.1 Å². The van der Waals surface area contributed by atoms with E-state index < -0.39 is 0 Å². The monoisotopic (exact) mass is 391 g/mol. The van der Waals surface area contributed by atoms with Gasteiger partial charge in [0.2, 0.25) is 5.91 Å². The van der Waals surface area contributed by atoms with Crippen LogP contribution in [0.5, 0.6) is 5.75 Å². The van der Waals surface area contributed by atoms with E-state index in [1.165, 1.54) is 5.56 Å².